The Labute approximate surface area is 131 Å². The van der Waals surface area contributed by atoms with Crippen molar-refractivity contribution in [2.24, 2.45) is 0 Å². The van der Waals surface area contributed by atoms with Gasteiger partial charge in [-0.15, -0.1) is 11.3 Å². The third kappa shape index (κ3) is 3.25. The number of hydrogen-bond acceptors (Lipinski definition) is 5. The Hall–Kier alpha value is -2.41. The van der Waals surface area contributed by atoms with Crippen molar-refractivity contribution in [2.75, 3.05) is 12.4 Å². The molecule has 0 saturated heterocycles. The molecule has 2 aromatic rings. The number of carboxylic acids is 1. The Morgan fingerprint density at radius 1 is 1.41 bits per heavy atom. The number of hydrogen-bond donors (Lipinski definition) is 2. The van der Waals surface area contributed by atoms with Crippen LogP contribution < -0.4 is 10.1 Å². The number of thiazole rings is 1. The van der Waals surface area contributed by atoms with Gasteiger partial charge >= 0.3 is 5.97 Å². The van der Waals surface area contributed by atoms with Gasteiger partial charge in [-0.1, -0.05) is 6.92 Å². The molecule has 0 atom stereocenters. The Morgan fingerprint density at radius 2 is 2.14 bits per heavy atom. The Morgan fingerprint density at radius 3 is 2.68 bits per heavy atom. The molecule has 0 aliphatic carbocycles. The number of nitrogens with zero attached hydrogens (tertiary/aromatic N) is 1. The number of nitrogens with one attached hydrogen (secondary N) is 1. The zero-order valence-corrected chi connectivity index (χ0v) is 13.3. The summed E-state index contributed by atoms with van der Waals surface area (Å²) >= 11 is 1.31. The molecular formula is C15H16N2O4S. The maximum atomic E-state index is 12.3. The first-order chi connectivity index (χ1) is 10.5. The van der Waals surface area contributed by atoms with Crippen LogP contribution in [-0.4, -0.2) is 29.1 Å². The van der Waals surface area contributed by atoms with E-state index in [9.17, 15) is 14.7 Å². The molecule has 0 unspecified atom stereocenters. The van der Waals surface area contributed by atoms with Crippen LogP contribution in [0.5, 0.6) is 5.75 Å². The van der Waals surface area contributed by atoms with E-state index in [1.807, 2.05) is 6.92 Å². The van der Waals surface area contributed by atoms with Crippen molar-refractivity contribution in [1.29, 1.82) is 0 Å². The number of benzene rings is 1. The summed E-state index contributed by atoms with van der Waals surface area (Å²) in [6.07, 6.45) is 0.752. The molecule has 1 aromatic heterocycles. The van der Waals surface area contributed by atoms with E-state index in [4.69, 9.17) is 4.74 Å². The lowest BCUT2D eigenvalue weighted by atomic mass is 10.1. The lowest BCUT2D eigenvalue weighted by Crippen LogP contribution is -2.14. The number of methoxy groups -OCH3 is 1. The zero-order valence-electron chi connectivity index (χ0n) is 12.5. The summed E-state index contributed by atoms with van der Waals surface area (Å²) in [5, 5.41) is 12.8. The first-order valence-electron chi connectivity index (χ1n) is 6.65. The maximum absolute atomic E-state index is 12.3. The van der Waals surface area contributed by atoms with E-state index in [1.165, 1.54) is 30.6 Å². The summed E-state index contributed by atoms with van der Waals surface area (Å²) in [6.45, 7) is 3.72. The maximum Gasteiger partial charge on any atom is 0.337 e. The van der Waals surface area contributed by atoms with E-state index in [0.717, 1.165) is 11.4 Å². The molecule has 116 valence electrons. The van der Waals surface area contributed by atoms with Gasteiger partial charge in [-0.3, -0.25) is 4.79 Å². The predicted octanol–water partition coefficient (Wildman–Crippen LogP) is 2.97. The number of aromatic nitrogens is 1. The SMILES string of the molecule is CCc1nc(C)c(C(=O)Nc2ccc(OC)cc2C(=O)O)s1. The normalized spacial score (nSPS) is 10.3. The Balaban J connectivity index is 2.31. The van der Waals surface area contributed by atoms with Crippen LogP contribution in [0, 0.1) is 6.92 Å². The summed E-state index contributed by atoms with van der Waals surface area (Å²) in [5.41, 5.74) is 0.847. The molecule has 1 aromatic carbocycles. The predicted molar refractivity (Wildman–Crippen MR) is 84.1 cm³/mol. The van der Waals surface area contributed by atoms with Gasteiger partial charge in [-0.25, -0.2) is 9.78 Å². The van der Waals surface area contributed by atoms with Crippen molar-refractivity contribution in [3.8, 4) is 5.75 Å². The van der Waals surface area contributed by atoms with E-state index in [-0.39, 0.29) is 17.2 Å². The Kier molecular flexibility index (Phi) is 4.77. The third-order valence-corrected chi connectivity index (χ3v) is 4.36. The van der Waals surface area contributed by atoms with E-state index < -0.39 is 5.97 Å². The van der Waals surface area contributed by atoms with E-state index in [0.29, 0.717) is 16.3 Å². The largest absolute Gasteiger partial charge is 0.497 e. The van der Waals surface area contributed by atoms with Gasteiger partial charge in [-0.05, 0) is 31.5 Å². The summed E-state index contributed by atoms with van der Waals surface area (Å²) in [7, 11) is 1.45. The number of aromatic carboxylic acids is 1. The van der Waals surface area contributed by atoms with Crippen LogP contribution in [0.15, 0.2) is 18.2 Å². The van der Waals surface area contributed by atoms with Crippen molar-refractivity contribution in [1.82, 2.24) is 4.98 Å². The smallest absolute Gasteiger partial charge is 0.337 e. The van der Waals surface area contributed by atoms with Gasteiger partial charge in [0.05, 0.1) is 29.1 Å². The van der Waals surface area contributed by atoms with E-state index in [2.05, 4.69) is 10.3 Å². The monoisotopic (exact) mass is 320 g/mol. The molecule has 6 nitrogen and oxygen atoms in total. The molecule has 0 aliphatic heterocycles. The fourth-order valence-electron chi connectivity index (χ4n) is 1.93. The molecule has 1 heterocycles. The van der Waals surface area contributed by atoms with E-state index >= 15 is 0 Å². The molecule has 2 rings (SSSR count). The topological polar surface area (TPSA) is 88.5 Å². The fourth-order valence-corrected chi connectivity index (χ4v) is 2.83. The number of carbonyl (C=O) groups is 2. The minimum absolute atomic E-state index is 0.0226. The van der Waals surface area contributed by atoms with Crippen molar-refractivity contribution in [2.45, 2.75) is 20.3 Å². The molecule has 0 spiro atoms. The molecular weight excluding hydrogens is 304 g/mol. The van der Waals surface area contributed by atoms with Gasteiger partial charge in [0.15, 0.2) is 0 Å². The van der Waals surface area contributed by atoms with Crippen LogP contribution in [0.4, 0.5) is 5.69 Å². The molecule has 22 heavy (non-hydrogen) atoms. The number of carboxylic acid groups (broad SMARTS) is 1. The van der Waals surface area contributed by atoms with Gasteiger partial charge in [0.2, 0.25) is 0 Å². The average molecular weight is 320 g/mol. The molecule has 0 aliphatic rings. The number of rotatable bonds is 5. The number of carbonyl (C=O) groups excluding carboxylic acids is 1. The number of amides is 1. The fraction of sp³-hybridized carbons (Fsp3) is 0.267. The van der Waals surface area contributed by atoms with Gasteiger partial charge in [-0.2, -0.15) is 0 Å². The molecule has 0 bridgehead atoms. The second-order valence-electron chi connectivity index (χ2n) is 4.55. The second kappa shape index (κ2) is 6.57. The highest BCUT2D eigenvalue weighted by Crippen LogP contribution is 2.25. The molecule has 7 heteroatoms. The van der Waals surface area contributed by atoms with Crippen LogP contribution >= 0.6 is 11.3 Å². The van der Waals surface area contributed by atoms with Gasteiger partial charge < -0.3 is 15.2 Å². The highest BCUT2D eigenvalue weighted by atomic mass is 32.1. The first-order valence-corrected chi connectivity index (χ1v) is 7.46. The van der Waals surface area contributed by atoms with Crippen LogP contribution in [0.1, 0.15) is 37.7 Å². The van der Waals surface area contributed by atoms with Crippen molar-refractivity contribution in [3.63, 3.8) is 0 Å². The molecule has 0 saturated carbocycles. The summed E-state index contributed by atoms with van der Waals surface area (Å²) in [5.74, 6) is -1.08. The summed E-state index contributed by atoms with van der Waals surface area (Å²) < 4.78 is 5.00. The van der Waals surface area contributed by atoms with Crippen LogP contribution in [0.2, 0.25) is 0 Å². The van der Waals surface area contributed by atoms with Gasteiger partial charge in [0, 0.05) is 0 Å². The number of anilines is 1. The Bertz CT molecular complexity index is 724. The minimum Gasteiger partial charge on any atom is -0.497 e. The molecule has 1 amide bonds. The molecule has 0 fully saturated rings. The lowest BCUT2D eigenvalue weighted by Gasteiger charge is -2.09. The number of ether oxygens (including phenoxy) is 1. The highest BCUT2D eigenvalue weighted by molar-refractivity contribution is 7.13. The average Bonchev–Trinajstić information content (AvgIpc) is 2.88. The third-order valence-electron chi connectivity index (χ3n) is 3.05. The van der Waals surface area contributed by atoms with Crippen molar-refractivity contribution < 1.29 is 19.4 Å². The van der Waals surface area contributed by atoms with E-state index in [1.54, 1.807) is 13.0 Å². The molecule has 2 N–H and O–H groups in total. The lowest BCUT2D eigenvalue weighted by molar-refractivity contribution is 0.0697. The van der Waals surface area contributed by atoms with Gasteiger partial charge in [0.1, 0.15) is 10.6 Å². The van der Waals surface area contributed by atoms with Gasteiger partial charge in [0.25, 0.3) is 5.91 Å². The summed E-state index contributed by atoms with van der Waals surface area (Å²) in [6, 6.07) is 4.48. The summed E-state index contributed by atoms with van der Waals surface area (Å²) in [4.78, 5) is 28.4. The second-order valence-corrected chi connectivity index (χ2v) is 5.63. The quantitative estimate of drug-likeness (QED) is 0.884. The first kappa shape index (κ1) is 16.0. The zero-order chi connectivity index (χ0) is 16.3. The minimum atomic E-state index is -1.13. The van der Waals surface area contributed by atoms with Crippen molar-refractivity contribution in [3.05, 3.63) is 39.3 Å². The van der Waals surface area contributed by atoms with Crippen LogP contribution in [0.3, 0.4) is 0 Å². The molecule has 0 radical (unpaired) electrons. The van der Waals surface area contributed by atoms with Crippen molar-refractivity contribution >= 4 is 28.9 Å². The van der Waals surface area contributed by atoms with Crippen LogP contribution in [-0.2, 0) is 6.42 Å². The highest BCUT2D eigenvalue weighted by Gasteiger charge is 2.18. The standard InChI is InChI=1S/C15H16N2O4S/c1-4-12-16-8(2)13(22-12)14(18)17-11-6-5-9(21-3)7-10(11)15(19)20/h5-7H,4H2,1-3H3,(H,17,18)(H,19,20). The number of aryl methyl sites for hydroxylation is 2. The van der Waals surface area contributed by atoms with Crippen LogP contribution in [0.25, 0.3) is 0 Å².